The fraction of sp³-hybridized carbons (Fsp3) is 0.333. The summed E-state index contributed by atoms with van der Waals surface area (Å²) < 4.78 is 0. The van der Waals surface area contributed by atoms with Crippen molar-refractivity contribution in [2.24, 2.45) is 0 Å². The van der Waals surface area contributed by atoms with E-state index in [1.54, 1.807) is 17.8 Å². The van der Waals surface area contributed by atoms with E-state index >= 15 is 0 Å². The Labute approximate surface area is 83.1 Å². The van der Waals surface area contributed by atoms with Crippen LogP contribution in [0, 0.1) is 0 Å². The Balaban J connectivity index is 2.78. The van der Waals surface area contributed by atoms with E-state index in [2.05, 4.69) is 6.92 Å². The molecule has 0 spiro atoms. The standard InChI is InChI=1S/C9H13BO2S/c1-2-7-13-9-6-4-3-5-8(9)10(11)12/h3-6,11-12H,2,7H2,1H3. The van der Waals surface area contributed by atoms with E-state index in [0.717, 1.165) is 17.1 Å². The summed E-state index contributed by atoms with van der Waals surface area (Å²) in [6.07, 6.45) is 1.08. The molecule has 2 N–H and O–H groups in total. The van der Waals surface area contributed by atoms with Crippen LogP contribution in [0.2, 0.25) is 0 Å². The van der Waals surface area contributed by atoms with Gasteiger partial charge >= 0.3 is 7.12 Å². The molecule has 0 saturated carbocycles. The Morgan fingerprint density at radius 2 is 2.00 bits per heavy atom. The minimum atomic E-state index is -1.36. The molecule has 1 aromatic rings. The zero-order valence-corrected chi connectivity index (χ0v) is 8.42. The molecule has 13 heavy (non-hydrogen) atoms. The molecule has 0 aliphatic rings. The third kappa shape index (κ3) is 3.06. The molecule has 1 rings (SSSR count). The first kappa shape index (κ1) is 10.6. The molecule has 1 aromatic carbocycles. The van der Waals surface area contributed by atoms with Gasteiger partial charge in [-0.05, 0) is 23.7 Å². The summed E-state index contributed by atoms with van der Waals surface area (Å²) in [4.78, 5) is 0.958. The van der Waals surface area contributed by atoms with Crippen molar-refractivity contribution in [2.45, 2.75) is 18.2 Å². The molecule has 0 saturated heterocycles. The first-order chi connectivity index (χ1) is 6.25. The summed E-state index contributed by atoms with van der Waals surface area (Å²) in [6.45, 7) is 2.10. The molecule has 0 atom stereocenters. The highest BCUT2D eigenvalue weighted by Gasteiger charge is 2.14. The number of thioether (sulfide) groups is 1. The van der Waals surface area contributed by atoms with Gasteiger partial charge in [0.1, 0.15) is 0 Å². The molecule has 0 fully saturated rings. The predicted octanol–water partition coefficient (Wildman–Crippen LogP) is 0.868. The summed E-state index contributed by atoms with van der Waals surface area (Å²) in [5, 5.41) is 18.1. The van der Waals surface area contributed by atoms with Crippen LogP contribution in [0.3, 0.4) is 0 Å². The van der Waals surface area contributed by atoms with Crippen molar-refractivity contribution in [3.05, 3.63) is 24.3 Å². The first-order valence-electron chi connectivity index (χ1n) is 4.33. The molecule has 0 aliphatic carbocycles. The Kier molecular flexibility index (Phi) is 4.35. The third-order valence-corrected chi connectivity index (χ3v) is 2.95. The molecular formula is C9H13BO2S. The van der Waals surface area contributed by atoms with Crippen LogP contribution in [0.25, 0.3) is 0 Å². The van der Waals surface area contributed by atoms with Crippen molar-refractivity contribution in [1.29, 1.82) is 0 Å². The quantitative estimate of drug-likeness (QED) is 0.554. The van der Waals surface area contributed by atoms with Crippen LogP contribution < -0.4 is 5.46 Å². The minimum Gasteiger partial charge on any atom is -0.423 e. The first-order valence-corrected chi connectivity index (χ1v) is 5.32. The van der Waals surface area contributed by atoms with Gasteiger partial charge in [-0.2, -0.15) is 0 Å². The SMILES string of the molecule is CCCSc1ccccc1B(O)O. The molecule has 4 heteroatoms. The zero-order chi connectivity index (χ0) is 9.68. The van der Waals surface area contributed by atoms with Gasteiger partial charge in [0.05, 0.1) is 0 Å². The highest BCUT2D eigenvalue weighted by molar-refractivity contribution is 7.99. The number of benzene rings is 1. The van der Waals surface area contributed by atoms with Gasteiger partial charge in [-0.25, -0.2) is 0 Å². The highest BCUT2D eigenvalue weighted by atomic mass is 32.2. The van der Waals surface area contributed by atoms with Crippen molar-refractivity contribution in [3.63, 3.8) is 0 Å². The van der Waals surface area contributed by atoms with E-state index in [-0.39, 0.29) is 0 Å². The maximum Gasteiger partial charge on any atom is 0.489 e. The second-order valence-electron chi connectivity index (χ2n) is 2.76. The lowest BCUT2D eigenvalue weighted by atomic mass is 9.80. The molecule has 0 unspecified atom stereocenters. The normalized spacial score (nSPS) is 10.1. The van der Waals surface area contributed by atoms with Crippen LogP contribution >= 0.6 is 11.8 Å². The average Bonchev–Trinajstić information content (AvgIpc) is 2.15. The van der Waals surface area contributed by atoms with E-state index in [9.17, 15) is 0 Å². The van der Waals surface area contributed by atoms with Gasteiger partial charge in [-0.15, -0.1) is 11.8 Å². The summed E-state index contributed by atoms with van der Waals surface area (Å²) in [5.41, 5.74) is 0.598. The fourth-order valence-electron chi connectivity index (χ4n) is 1.04. The molecule has 0 aliphatic heterocycles. The summed E-state index contributed by atoms with van der Waals surface area (Å²) in [5.74, 6) is 1.00. The van der Waals surface area contributed by atoms with Crippen molar-refractivity contribution < 1.29 is 10.0 Å². The van der Waals surface area contributed by atoms with Crippen LogP contribution in [-0.4, -0.2) is 22.9 Å². The second-order valence-corrected chi connectivity index (χ2v) is 3.90. The smallest absolute Gasteiger partial charge is 0.423 e. The van der Waals surface area contributed by atoms with Gasteiger partial charge in [0.25, 0.3) is 0 Å². The van der Waals surface area contributed by atoms with Gasteiger partial charge in [0, 0.05) is 4.90 Å². The van der Waals surface area contributed by atoms with Crippen molar-refractivity contribution in [3.8, 4) is 0 Å². The molecule has 70 valence electrons. The van der Waals surface area contributed by atoms with Gasteiger partial charge in [0.15, 0.2) is 0 Å². The molecule has 0 amide bonds. The summed E-state index contributed by atoms with van der Waals surface area (Å²) in [7, 11) is -1.36. The van der Waals surface area contributed by atoms with Crippen molar-refractivity contribution >= 4 is 24.3 Å². The maximum atomic E-state index is 9.05. The van der Waals surface area contributed by atoms with Crippen LogP contribution in [0.4, 0.5) is 0 Å². The molecule has 0 aromatic heterocycles. The van der Waals surface area contributed by atoms with Gasteiger partial charge in [0.2, 0.25) is 0 Å². The Hall–Kier alpha value is -0.445. The summed E-state index contributed by atoms with van der Waals surface area (Å²) >= 11 is 1.66. The zero-order valence-electron chi connectivity index (χ0n) is 7.60. The van der Waals surface area contributed by atoms with E-state index in [0.29, 0.717) is 5.46 Å². The Bertz CT molecular complexity index is 266. The highest BCUT2D eigenvalue weighted by Crippen LogP contribution is 2.16. The Morgan fingerprint density at radius 3 is 2.62 bits per heavy atom. The van der Waals surface area contributed by atoms with E-state index in [1.807, 2.05) is 18.2 Å². The molecule has 0 bridgehead atoms. The predicted molar refractivity (Wildman–Crippen MR) is 57.3 cm³/mol. The lowest BCUT2D eigenvalue weighted by Gasteiger charge is -2.06. The molecule has 2 nitrogen and oxygen atoms in total. The average molecular weight is 196 g/mol. The van der Waals surface area contributed by atoms with E-state index in [1.165, 1.54) is 0 Å². The van der Waals surface area contributed by atoms with Gasteiger partial charge in [-0.1, -0.05) is 25.1 Å². The van der Waals surface area contributed by atoms with Crippen LogP contribution in [0.15, 0.2) is 29.2 Å². The molecule has 0 radical (unpaired) electrons. The van der Waals surface area contributed by atoms with Gasteiger partial charge in [-0.3, -0.25) is 0 Å². The monoisotopic (exact) mass is 196 g/mol. The molecular weight excluding hydrogens is 183 g/mol. The number of hydrogen-bond donors (Lipinski definition) is 2. The van der Waals surface area contributed by atoms with Crippen LogP contribution in [0.1, 0.15) is 13.3 Å². The van der Waals surface area contributed by atoms with Crippen molar-refractivity contribution in [1.82, 2.24) is 0 Å². The van der Waals surface area contributed by atoms with Crippen molar-refractivity contribution in [2.75, 3.05) is 5.75 Å². The lowest BCUT2D eigenvalue weighted by Crippen LogP contribution is -2.31. The third-order valence-electron chi connectivity index (χ3n) is 1.66. The fourth-order valence-corrected chi connectivity index (χ4v) is 1.98. The van der Waals surface area contributed by atoms with Crippen LogP contribution in [-0.2, 0) is 0 Å². The lowest BCUT2D eigenvalue weighted by molar-refractivity contribution is 0.425. The van der Waals surface area contributed by atoms with E-state index in [4.69, 9.17) is 10.0 Å². The maximum absolute atomic E-state index is 9.05. The summed E-state index contributed by atoms with van der Waals surface area (Å²) in [6, 6.07) is 7.37. The largest absolute Gasteiger partial charge is 0.489 e. The topological polar surface area (TPSA) is 40.5 Å². The number of hydrogen-bond acceptors (Lipinski definition) is 3. The second kappa shape index (κ2) is 5.32. The Morgan fingerprint density at radius 1 is 1.31 bits per heavy atom. The number of rotatable bonds is 4. The van der Waals surface area contributed by atoms with Crippen LogP contribution in [0.5, 0.6) is 0 Å². The van der Waals surface area contributed by atoms with Gasteiger partial charge < -0.3 is 10.0 Å². The molecule has 0 heterocycles. The van der Waals surface area contributed by atoms with E-state index < -0.39 is 7.12 Å². The minimum absolute atomic E-state index is 0.598.